The molecule has 0 saturated heterocycles. The van der Waals surface area contributed by atoms with Gasteiger partial charge in [0.25, 0.3) is 0 Å². The molecule has 20 heavy (non-hydrogen) atoms. The number of methoxy groups -OCH3 is 1. The topological polar surface area (TPSA) is 46.6 Å². The Kier molecular flexibility index (Phi) is 5.12. The van der Waals surface area contributed by atoms with Crippen LogP contribution in [0, 0.1) is 0 Å². The van der Waals surface area contributed by atoms with E-state index in [1.807, 2.05) is 0 Å². The molecule has 0 fully saturated rings. The van der Waals surface area contributed by atoms with Crippen LogP contribution in [0.2, 0.25) is 0 Å². The molecule has 1 aromatic rings. The number of hydrogen-bond acceptors (Lipinski definition) is 3. The third-order valence-electron chi connectivity index (χ3n) is 2.66. The van der Waals surface area contributed by atoms with Crippen molar-refractivity contribution in [3.8, 4) is 0 Å². The predicted molar refractivity (Wildman–Crippen MR) is 64.8 cm³/mol. The molecule has 1 aromatic carbocycles. The smallest absolute Gasteiger partial charge is 0.416 e. The summed E-state index contributed by atoms with van der Waals surface area (Å²) in [6.07, 6.45) is -4.48. The Bertz CT molecular complexity index is 483. The summed E-state index contributed by atoms with van der Waals surface area (Å²) in [6.45, 7) is -0.198. The zero-order valence-corrected chi connectivity index (χ0v) is 11.0. The lowest BCUT2D eigenvalue weighted by atomic mass is 10.1. The molecule has 0 saturated carbocycles. The van der Waals surface area contributed by atoms with E-state index in [-0.39, 0.29) is 18.9 Å². The highest BCUT2D eigenvalue weighted by Crippen LogP contribution is 2.29. The van der Waals surface area contributed by atoms with Crippen LogP contribution in [-0.2, 0) is 26.9 Å². The van der Waals surface area contributed by atoms with Crippen molar-refractivity contribution in [2.75, 3.05) is 20.7 Å². The fraction of sp³-hybridized carbons (Fsp3) is 0.385. The number of hydrogen-bond donors (Lipinski definition) is 0. The Morgan fingerprint density at radius 2 is 1.75 bits per heavy atom. The van der Waals surface area contributed by atoms with Crippen molar-refractivity contribution < 1.29 is 27.5 Å². The lowest BCUT2D eigenvalue weighted by molar-refractivity contribution is -0.145. The highest BCUT2D eigenvalue weighted by molar-refractivity contribution is 5.83. The summed E-state index contributed by atoms with van der Waals surface area (Å²) in [5.74, 6) is -0.941. The molecule has 4 nitrogen and oxygen atoms in total. The second-order valence-electron chi connectivity index (χ2n) is 4.20. The van der Waals surface area contributed by atoms with Gasteiger partial charge in [0, 0.05) is 7.05 Å². The van der Waals surface area contributed by atoms with Crippen LogP contribution in [0.5, 0.6) is 0 Å². The van der Waals surface area contributed by atoms with Crippen molar-refractivity contribution >= 4 is 11.9 Å². The summed E-state index contributed by atoms with van der Waals surface area (Å²) in [6, 6.07) is 4.32. The van der Waals surface area contributed by atoms with Crippen LogP contribution in [0.15, 0.2) is 24.3 Å². The Hall–Kier alpha value is -2.05. The normalized spacial score (nSPS) is 11.1. The summed E-state index contributed by atoms with van der Waals surface area (Å²) in [5, 5.41) is 0. The Morgan fingerprint density at radius 1 is 1.20 bits per heavy atom. The van der Waals surface area contributed by atoms with Crippen molar-refractivity contribution in [2.45, 2.75) is 12.6 Å². The third kappa shape index (κ3) is 4.56. The van der Waals surface area contributed by atoms with Crippen molar-refractivity contribution in [1.29, 1.82) is 0 Å². The van der Waals surface area contributed by atoms with Gasteiger partial charge in [0.05, 0.1) is 19.1 Å². The first kappa shape index (κ1) is 16.0. The second-order valence-corrected chi connectivity index (χ2v) is 4.20. The zero-order chi connectivity index (χ0) is 15.3. The first-order valence-corrected chi connectivity index (χ1v) is 5.71. The quantitative estimate of drug-likeness (QED) is 0.795. The minimum atomic E-state index is -4.40. The number of rotatable bonds is 4. The maximum Gasteiger partial charge on any atom is 0.416 e. The average Bonchev–Trinajstić information content (AvgIpc) is 2.38. The maximum absolute atomic E-state index is 12.4. The molecule has 1 amide bonds. The molecule has 0 aliphatic rings. The lowest BCUT2D eigenvalue weighted by Crippen LogP contribution is -2.33. The van der Waals surface area contributed by atoms with E-state index in [9.17, 15) is 22.8 Å². The standard InChI is InChI=1S/C13H14F3NO3/c1-17(8-12(19)20-2)11(18)7-9-3-5-10(6-4-9)13(14,15)16/h3-6H,7-8H2,1-2H3. The fourth-order valence-corrected chi connectivity index (χ4v) is 1.47. The van der Waals surface area contributed by atoms with E-state index in [1.54, 1.807) is 0 Å². The number of benzene rings is 1. The van der Waals surface area contributed by atoms with E-state index in [1.165, 1.54) is 26.3 Å². The van der Waals surface area contributed by atoms with Gasteiger partial charge in [0.15, 0.2) is 0 Å². The molecule has 1 rings (SSSR count). The van der Waals surface area contributed by atoms with Gasteiger partial charge < -0.3 is 9.64 Å². The van der Waals surface area contributed by atoms with Crippen LogP contribution in [0.3, 0.4) is 0 Å². The van der Waals surface area contributed by atoms with Gasteiger partial charge in [0.2, 0.25) is 5.91 Å². The summed E-state index contributed by atoms with van der Waals surface area (Å²) in [7, 11) is 2.62. The molecule has 0 bridgehead atoms. The lowest BCUT2D eigenvalue weighted by Gasteiger charge is -2.15. The number of carbonyl (C=O) groups is 2. The summed E-state index contributed by atoms with van der Waals surface area (Å²) < 4.78 is 41.5. The second kappa shape index (κ2) is 6.40. The van der Waals surface area contributed by atoms with E-state index in [4.69, 9.17) is 0 Å². The summed E-state index contributed by atoms with van der Waals surface area (Å²) in [4.78, 5) is 23.9. The molecule has 0 heterocycles. The van der Waals surface area contributed by atoms with E-state index < -0.39 is 17.7 Å². The van der Waals surface area contributed by atoms with Crippen LogP contribution in [-0.4, -0.2) is 37.5 Å². The Balaban J connectivity index is 2.65. The van der Waals surface area contributed by atoms with E-state index in [0.29, 0.717) is 5.56 Å². The molecule has 0 atom stereocenters. The molecule has 0 spiro atoms. The number of ether oxygens (including phenoxy) is 1. The summed E-state index contributed by atoms with van der Waals surface area (Å²) >= 11 is 0. The number of halogens is 3. The number of esters is 1. The fourth-order valence-electron chi connectivity index (χ4n) is 1.47. The molecule has 110 valence electrons. The maximum atomic E-state index is 12.4. The monoisotopic (exact) mass is 289 g/mol. The number of amides is 1. The molecular weight excluding hydrogens is 275 g/mol. The Morgan fingerprint density at radius 3 is 2.20 bits per heavy atom. The highest BCUT2D eigenvalue weighted by Gasteiger charge is 2.30. The van der Waals surface area contributed by atoms with E-state index in [2.05, 4.69) is 4.74 Å². The number of likely N-dealkylation sites (N-methyl/N-ethyl adjacent to an activating group) is 1. The van der Waals surface area contributed by atoms with E-state index in [0.717, 1.165) is 17.0 Å². The number of alkyl halides is 3. The molecule has 0 unspecified atom stereocenters. The molecule has 7 heteroatoms. The SMILES string of the molecule is COC(=O)CN(C)C(=O)Cc1ccc(C(F)(F)F)cc1. The number of nitrogens with zero attached hydrogens (tertiary/aromatic N) is 1. The first-order valence-electron chi connectivity index (χ1n) is 5.71. The molecule has 0 aliphatic heterocycles. The van der Waals surface area contributed by atoms with Crippen LogP contribution >= 0.6 is 0 Å². The van der Waals surface area contributed by atoms with Gasteiger partial charge in [-0.1, -0.05) is 12.1 Å². The van der Waals surface area contributed by atoms with Crippen molar-refractivity contribution in [1.82, 2.24) is 4.90 Å². The summed E-state index contributed by atoms with van der Waals surface area (Å²) in [5.41, 5.74) is -0.323. The zero-order valence-electron chi connectivity index (χ0n) is 11.0. The third-order valence-corrected chi connectivity index (χ3v) is 2.66. The Labute approximate surface area is 114 Å². The predicted octanol–water partition coefficient (Wildman–Crippen LogP) is 1.88. The molecular formula is C13H14F3NO3. The largest absolute Gasteiger partial charge is 0.468 e. The van der Waals surface area contributed by atoms with Crippen molar-refractivity contribution in [3.63, 3.8) is 0 Å². The van der Waals surface area contributed by atoms with Crippen molar-refractivity contribution in [3.05, 3.63) is 35.4 Å². The van der Waals surface area contributed by atoms with Crippen LogP contribution in [0.4, 0.5) is 13.2 Å². The molecule has 0 N–H and O–H groups in total. The van der Waals surface area contributed by atoms with Gasteiger partial charge in [-0.3, -0.25) is 9.59 Å². The van der Waals surface area contributed by atoms with Gasteiger partial charge in [0.1, 0.15) is 6.54 Å². The molecule has 0 radical (unpaired) electrons. The minimum Gasteiger partial charge on any atom is -0.468 e. The van der Waals surface area contributed by atoms with Gasteiger partial charge in [-0.15, -0.1) is 0 Å². The van der Waals surface area contributed by atoms with Gasteiger partial charge in [-0.2, -0.15) is 13.2 Å². The highest BCUT2D eigenvalue weighted by atomic mass is 19.4. The molecule has 0 aliphatic carbocycles. The van der Waals surface area contributed by atoms with Gasteiger partial charge in [-0.25, -0.2) is 0 Å². The van der Waals surface area contributed by atoms with Crippen LogP contribution in [0.25, 0.3) is 0 Å². The van der Waals surface area contributed by atoms with Crippen LogP contribution in [0.1, 0.15) is 11.1 Å². The molecule has 0 aromatic heterocycles. The van der Waals surface area contributed by atoms with Gasteiger partial charge in [-0.05, 0) is 17.7 Å². The average molecular weight is 289 g/mol. The minimum absolute atomic E-state index is 0.0777. The number of carbonyl (C=O) groups excluding carboxylic acids is 2. The van der Waals surface area contributed by atoms with Gasteiger partial charge >= 0.3 is 12.1 Å². The first-order chi connectivity index (χ1) is 9.24. The van der Waals surface area contributed by atoms with Crippen LogP contribution < -0.4 is 0 Å². The van der Waals surface area contributed by atoms with E-state index >= 15 is 0 Å². The van der Waals surface area contributed by atoms with Crippen molar-refractivity contribution in [2.24, 2.45) is 0 Å².